The molecule has 0 radical (unpaired) electrons. The van der Waals surface area contributed by atoms with Gasteiger partial charge in [0.2, 0.25) is 0 Å². The van der Waals surface area contributed by atoms with Gasteiger partial charge in [-0.1, -0.05) is 25.0 Å². The highest BCUT2D eigenvalue weighted by Gasteiger charge is 2.16. The SMILES string of the molecule is COc1cccc([C@@H](C)NC(C)CC2CCCCCN2)c1. The number of rotatable bonds is 6. The molecule has 1 aliphatic heterocycles. The van der Waals surface area contributed by atoms with Crippen molar-refractivity contribution in [3.8, 4) is 5.75 Å². The molecule has 0 bridgehead atoms. The van der Waals surface area contributed by atoms with Crippen LogP contribution in [-0.4, -0.2) is 25.7 Å². The topological polar surface area (TPSA) is 33.3 Å². The van der Waals surface area contributed by atoms with Crippen molar-refractivity contribution in [3.05, 3.63) is 29.8 Å². The van der Waals surface area contributed by atoms with Crippen LogP contribution in [0.2, 0.25) is 0 Å². The summed E-state index contributed by atoms with van der Waals surface area (Å²) in [7, 11) is 1.72. The van der Waals surface area contributed by atoms with Crippen LogP contribution in [0.5, 0.6) is 5.75 Å². The summed E-state index contributed by atoms with van der Waals surface area (Å²) in [5.74, 6) is 0.930. The van der Waals surface area contributed by atoms with Crippen LogP contribution in [0.3, 0.4) is 0 Å². The number of hydrogen-bond acceptors (Lipinski definition) is 3. The average Bonchev–Trinajstić information content (AvgIpc) is 2.75. The lowest BCUT2D eigenvalue weighted by molar-refractivity contribution is 0.379. The Hall–Kier alpha value is -1.06. The maximum absolute atomic E-state index is 5.31. The Labute approximate surface area is 129 Å². The molecular formula is C18H30N2O. The van der Waals surface area contributed by atoms with Gasteiger partial charge in [-0.05, 0) is 57.4 Å². The van der Waals surface area contributed by atoms with E-state index >= 15 is 0 Å². The van der Waals surface area contributed by atoms with E-state index in [-0.39, 0.29) is 0 Å². The third-order valence-electron chi connectivity index (χ3n) is 4.43. The molecule has 0 aliphatic carbocycles. The summed E-state index contributed by atoms with van der Waals surface area (Å²) in [6, 6.07) is 9.87. The predicted molar refractivity (Wildman–Crippen MR) is 88.9 cm³/mol. The number of ether oxygens (including phenoxy) is 1. The lowest BCUT2D eigenvalue weighted by Crippen LogP contribution is -2.37. The van der Waals surface area contributed by atoms with E-state index in [4.69, 9.17) is 4.74 Å². The molecule has 21 heavy (non-hydrogen) atoms. The van der Waals surface area contributed by atoms with Crippen molar-refractivity contribution in [2.24, 2.45) is 0 Å². The van der Waals surface area contributed by atoms with Crippen LogP contribution in [0.4, 0.5) is 0 Å². The van der Waals surface area contributed by atoms with Crippen molar-refractivity contribution in [2.45, 2.75) is 64.1 Å². The second-order valence-electron chi connectivity index (χ2n) is 6.30. The molecule has 2 N–H and O–H groups in total. The van der Waals surface area contributed by atoms with E-state index in [1.54, 1.807) is 7.11 Å². The highest BCUT2D eigenvalue weighted by molar-refractivity contribution is 5.30. The third-order valence-corrected chi connectivity index (χ3v) is 4.43. The van der Waals surface area contributed by atoms with Gasteiger partial charge in [0, 0.05) is 18.1 Å². The van der Waals surface area contributed by atoms with Gasteiger partial charge in [-0.2, -0.15) is 0 Å². The summed E-state index contributed by atoms with van der Waals surface area (Å²) in [6.45, 7) is 5.71. The van der Waals surface area contributed by atoms with Crippen molar-refractivity contribution in [1.29, 1.82) is 0 Å². The molecular weight excluding hydrogens is 260 g/mol. The van der Waals surface area contributed by atoms with Gasteiger partial charge >= 0.3 is 0 Å². The Morgan fingerprint density at radius 1 is 1.29 bits per heavy atom. The number of hydrogen-bond donors (Lipinski definition) is 2. The fourth-order valence-electron chi connectivity index (χ4n) is 3.23. The Morgan fingerprint density at radius 3 is 2.95 bits per heavy atom. The van der Waals surface area contributed by atoms with Crippen LogP contribution >= 0.6 is 0 Å². The zero-order valence-electron chi connectivity index (χ0n) is 13.7. The Bertz CT molecular complexity index is 413. The minimum absolute atomic E-state index is 0.348. The second-order valence-corrected chi connectivity index (χ2v) is 6.30. The van der Waals surface area contributed by atoms with Gasteiger partial charge in [0.25, 0.3) is 0 Å². The van der Waals surface area contributed by atoms with Crippen molar-refractivity contribution in [2.75, 3.05) is 13.7 Å². The van der Waals surface area contributed by atoms with E-state index in [2.05, 4.69) is 42.7 Å². The summed E-state index contributed by atoms with van der Waals surface area (Å²) < 4.78 is 5.31. The first-order chi connectivity index (χ1) is 10.2. The standard InChI is InChI=1S/C18H30N2O/c1-14(12-17-9-5-4-6-11-19-17)20-15(2)16-8-7-10-18(13-16)21-3/h7-8,10,13-15,17,19-20H,4-6,9,11-12H2,1-3H3/t14?,15-,17?/m1/s1. The predicted octanol–water partition coefficient (Wildman–Crippen LogP) is 3.66. The van der Waals surface area contributed by atoms with Crippen LogP contribution in [-0.2, 0) is 0 Å². The minimum atomic E-state index is 0.348. The maximum atomic E-state index is 5.31. The van der Waals surface area contributed by atoms with Gasteiger partial charge in [-0.25, -0.2) is 0 Å². The van der Waals surface area contributed by atoms with Crippen LogP contribution < -0.4 is 15.4 Å². The molecule has 1 aromatic carbocycles. The zero-order valence-corrected chi connectivity index (χ0v) is 13.7. The number of nitrogens with one attached hydrogen (secondary N) is 2. The van der Waals surface area contributed by atoms with Crippen molar-refractivity contribution >= 4 is 0 Å². The zero-order chi connectivity index (χ0) is 15.1. The van der Waals surface area contributed by atoms with E-state index in [0.717, 1.165) is 5.75 Å². The Morgan fingerprint density at radius 2 is 2.14 bits per heavy atom. The van der Waals surface area contributed by atoms with E-state index in [1.165, 1.54) is 44.2 Å². The second kappa shape index (κ2) is 8.40. The minimum Gasteiger partial charge on any atom is -0.497 e. The van der Waals surface area contributed by atoms with Gasteiger partial charge in [0.05, 0.1) is 7.11 Å². The number of methoxy groups -OCH3 is 1. The van der Waals surface area contributed by atoms with Gasteiger partial charge in [-0.3, -0.25) is 0 Å². The lowest BCUT2D eigenvalue weighted by Gasteiger charge is -2.25. The molecule has 2 rings (SSSR count). The van der Waals surface area contributed by atoms with Gasteiger partial charge in [0.15, 0.2) is 0 Å². The molecule has 1 saturated heterocycles. The molecule has 1 heterocycles. The molecule has 1 aliphatic rings. The van der Waals surface area contributed by atoms with Gasteiger partial charge in [0.1, 0.15) is 5.75 Å². The van der Waals surface area contributed by atoms with Crippen LogP contribution in [0.15, 0.2) is 24.3 Å². The summed E-state index contributed by atoms with van der Waals surface area (Å²) in [5.41, 5.74) is 1.29. The summed E-state index contributed by atoms with van der Waals surface area (Å²) in [6.07, 6.45) is 6.60. The first kappa shape index (κ1) is 16.3. The van der Waals surface area contributed by atoms with E-state index in [1.807, 2.05) is 6.07 Å². The van der Waals surface area contributed by atoms with Crippen molar-refractivity contribution in [1.82, 2.24) is 10.6 Å². The molecule has 0 aromatic heterocycles. The van der Waals surface area contributed by atoms with Crippen LogP contribution in [0.1, 0.15) is 57.6 Å². The fourth-order valence-corrected chi connectivity index (χ4v) is 3.23. The van der Waals surface area contributed by atoms with E-state index in [9.17, 15) is 0 Å². The molecule has 3 atom stereocenters. The van der Waals surface area contributed by atoms with E-state index < -0.39 is 0 Å². The molecule has 118 valence electrons. The maximum Gasteiger partial charge on any atom is 0.119 e. The molecule has 1 fully saturated rings. The molecule has 3 heteroatoms. The van der Waals surface area contributed by atoms with Crippen molar-refractivity contribution in [3.63, 3.8) is 0 Å². The summed E-state index contributed by atoms with van der Waals surface area (Å²) >= 11 is 0. The summed E-state index contributed by atoms with van der Waals surface area (Å²) in [4.78, 5) is 0. The van der Waals surface area contributed by atoms with Gasteiger partial charge < -0.3 is 15.4 Å². The monoisotopic (exact) mass is 290 g/mol. The highest BCUT2D eigenvalue weighted by Crippen LogP contribution is 2.20. The molecule has 3 nitrogen and oxygen atoms in total. The third kappa shape index (κ3) is 5.33. The first-order valence-electron chi connectivity index (χ1n) is 8.32. The molecule has 0 amide bonds. The first-order valence-corrected chi connectivity index (χ1v) is 8.32. The molecule has 2 unspecified atom stereocenters. The summed E-state index contributed by atoms with van der Waals surface area (Å²) in [5, 5.41) is 7.40. The largest absolute Gasteiger partial charge is 0.497 e. The van der Waals surface area contributed by atoms with Crippen LogP contribution in [0.25, 0.3) is 0 Å². The molecule has 0 spiro atoms. The Balaban J connectivity index is 1.84. The molecule has 0 saturated carbocycles. The van der Waals surface area contributed by atoms with Crippen molar-refractivity contribution < 1.29 is 4.74 Å². The quantitative estimate of drug-likeness (QED) is 0.839. The average molecular weight is 290 g/mol. The number of benzene rings is 1. The lowest BCUT2D eigenvalue weighted by atomic mass is 10.0. The molecule has 1 aromatic rings. The van der Waals surface area contributed by atoms with Crippen LogP contribution in [0, 0.1) is 0 Å². The smallest absolute Gasteiger partial charge is 0.119 e. The van der Waals surface area contributed by atoms with Gasteiger partial charge in [-0.15, -0.1) is 0 Å². The normalized spacial score (nSPS) is 22.3. The fraction of sp³-hybridized carbons (Fsp3) is 0.667. The Kier molecular flexibility index (Phi) is 6.52. The highest BCUT2D eigenvalue weighted by atomic mass is 16.5. The van der Waals surface area contributed by atoms with E-state index in [0.29, 0.717) is 18.1 Å².